The molecule has 0 saturated carbocycles. The predicted molar refractivity (Wildman–Crippen MR) is 72.8 cm³/mol. The lowest BCUT2D eigenvalue weighted by atomic mass is 10.1. The molecule has 0 fully saturated rings. The van der Waals surface area contributed by atoms with Crippen LogP contribution in [-0.4, -0.2) is 24.5 Å². The summed E-state index contributed by atoms with van der Waals surface area (Å²) in [7, 11) is 2.18. The van der Waals surface area contributed by atoms with Crippen LogP contribution in [0.25, 0.3) is 0 Å². The van der Waals surface area contributed by atoms with E-state index in [1.807, 2.05) is 0 Å². The second kappa shape index (κ2) is 6.38. The van der Waals surface area contributed by atoms with Crippen LogP contribution in [0.1, 0.15) is 38.1 Å². The molecule has 2 unspecified atom stereocenters. The first-order valence-corrected chi connectivity index (χ1v) is 6.89. The summed E-state index contributed by atoms with van der Waals surface area (Å²) >= 11 is 1.80. The molecule has 16 heavy (non-hydrogen) atoms. The van der Waals surface area contributed by atoms with Gasteiger partial charge in [0.2, 0.25) is 0 Å². The fourth-order valence-corrected chi connectivity index (χ4v) is 2.94. The number of hydrogen-bond acceptors (Lipinski definition) is 3. The van der Waals surface area contributed by atoms with Crippen LogP contribution in [0.5, 0.6) is 0 Å². The molecule has 1 aromatic rings. The maximum absolute atomic E-state index is 6.10. The summed E-state index contributed by atoms with van der Waals surface area (Å²) in [5.41, 5.74) is 6.10. The molecule has 92 valence electrons. The van der Waals surface area contributed by atoms with E-state index < -0.39 is 0 Å². The minimum atomic E-state index is 0.177. The smallest absolute Gasteiger partial charge is 0.0588 e. The predicted octanol–water partition coefficient (Wildman–Crippen LogP) is 3.11. The fraction of sp³-hybridized carbons (Fsp3) is 0.692. The second-order valence-corrected chi connectivity index (χ2v) is 5.96. The third-order valence-corrected chi connectivity index (χ3v) is 3.81. The molecule has 0 aromatic carbocycles. The van der Waals surface area contributed by atoms with Crippen molar-refractivity contribution in [3.8, 4) is 0 Å². The van der Waals surface area contributed by atoms with Gasteiger partial charge in [-0.25, -0.2) is 0 Å². The lowest BCUT2D eigenvalue weighted by Gasteiger charge is -2.30. The number of hydrogen-bond donors (Lipinski definition) is 1. The molecule has 0 saturated heterocycles. The van der Waals surface area contributed by atoms with Crippen molar-refractivity contribution >= 4 is 11.3 Å². The van der Waals surface area contributed by atoms with E-state index >= 15 is 0 Å². The van der Waals surface area contributed by atoms with Crippen molar-refractivity contribution in [2.45, 2.75) is 39.3 Å². The summed E-state index contributed by atoms with van der Waals surface area (Å²) in [5, 5.41) is 2.13. The lowest BCUT2D eigenvalue weighted by molar-refractivity contribution is 0.211. The highest BCUT2D eigenvalue weighted by Crippen LogP contribution is 2.26. The van der Waals surface area contributed by atoms with Crippen LogP contribution in [-0.2, 0) is 0 Å². The maximum atomic E-state index is 6.10. The third kappa shape index (κ3) is 3.89. The molecule has 2 atom stereocenters. The van der Waals surface area contributed by atoms with E-state index in [4.69, 9.17) is 5.73 Å². The topological polar surface area (TPSA) is 29.3 Å². The first kappa shape index (κ1) is 13.7. The summed E-state index contributed by atoms with van der Waals surface area (Å²) in [4.78, 5) is 3.76. The Kier molecular flexibility index (Phi) is 5.46. The molecule has 2 nitrogen and oxygen atoms in total. The van der Waals surface area contributed by atoms with Gasteiger partial charge in [-0.15, -0.1) is 11.3 Å². The Balaban J connectivity index is 2.64. The summed E-state index contributed by atoms with van der Waals surface area (Å²) < 4.78 is 0. The average Bonchev–Trinajstić information content (AvgIpc) is 2.67. The minimum absolute atomic E-state index is 0.177. The van der Waals surface area contributed by atoms with Crippen LogP contribution >= 0.6 is 11.3 Å². The molecule has 1 rings (SSSR count). The van der Waals surface area contributed by atoms with Crippen molar-refractivity contribution in [1.82, 2.24) is 4.90 Å². The molecule has 0 spiro atoms. The lowest BCUT2D eigenvalue weighted by Crippen LogP contribution is -2.37. The molecule has 0 radical (unpaired) electrons. The number of nitrogens with two attached hydrogens (primary N) is 1. The van der Waals surface area contributed by atoms with E-state index in [9.17, 15) is 0 Å². The Morgan fingerprint density at radius 2 is 2.06 bits per heavy atom. The Morgan fingerprint density at radius 3 is 2.50 bits per heavy atom. The largest absolute Gasteiger partial charge is 0.326 e. The maximum Gasteiger partial charge on any atom is 0.0588 e. The van der Waals surface area contributed by atoms with Gasteiger partial charge < -0.3 is 5.73 Å². The molecule has 0 aliphatic rings. The Bertz CT molecular complexity index is 280. The van der Waals surface area contributed by atoms with Gasteiger partial charge in [0.05, 0.1) is 6.04 Å². The van der Waals surface area contributed by atoms with Crippen LogP contribution in [0.3, 0.4) is 0 Å². The van der Waals surface area contributed by atoms with E-state index in [0.717, 1.165) is 12.5 Å². The minimum Gasteiger partial charge on any atom is -0.326 e. The quantitative estimate of drug-likeness (QED) is 0.828. The summed E-state index contributed by atoms with van der Waals surface area (Å²) in [5.74, 6) is 0.750. The van der Waals surface area contributed by atoms with Crippen molar-refractivity contribution in [2.75, 3.05) is 13.6 Å². The summed E-state index contributed by atoms with van der Waals surface area (Å²) in [6.45, 7) is 7.73. The van der Waals surface area contributed by atoms with E-state index in [1.54, 1.807) is 11.3 Å². The van der Waals surface area contributed by atoms with Crippen LogP contribution in [0.15, 0.2) is 17.5 Å². The third-order valence-electron chi connectivity index (χ3n) is 2.87. The van der Waals surface area contributed by atoms with Crippen molar-refractivity contribution in [2.24, 2.45) is 11.7 Å². The highest BCUT2D eigenvalue weighted by molar-refractivity contribution is 7.10. The van der Waals surface area contributed by atoms with Gasteiger partial charge in [0.15, 0.2) is 0 Å². The van der Waals surface area contributed by atoms with Gasteiger partial charge in [0.25, 0.3) is 0 Å². The molecule has 0 amide bonds. The average molecular weight is 240 g/mol. The van der Waals surface area contributed by atoms with E-state index in [1.165, 1.54) is 11.3 Å². The standard InChI is InChI=1S/C13H24N2S/c1-10(2)7-8-15(4)13(11(3)14)12-6-5-9-16-12/h5-6,9-11,13H,7-8,14H2,1-4H3. The van der Waals surface area contributed by atoms with Crippen LogP contribution in [0, 0.1) is 5.92 Å². The van der Waals surface area contributed by atoms with Crippen LogP contribution in [0.2, 0.25) is 0 Å². The molecule has 1 heterocycles. The molecule has 1 aromatic heterocycles. The first-order chi connectivity index (χ1) is 7.52. The van der Waals surface area contributed by atoms with Crippen molar-refractivity contribution < 1.29 is 0 Å². The number of thiophene rings is 1. The SMILES string of the molecule is CC(C)CCN(C)C(c1cccs1)C(C)N. The molecule has 2 N–H and O–H groups in total. The number of rotatable bonds is 6. The fourth-order valence-electron chi connectivity index (χ4n) is 1.94. The number of nitrogens with zero attached hydrogens (tertiary/aromatic N) is 1. The second-order valence-electron chi connectivity index (χ2n) is 4.98. The first-order valence-electron chi connectivity index (χ1n) is 6.01. The van der Waals surface area contributed by atoms with Gasteiger partial charge in [0.1, 0.15) is 0 Å². The van der Waals surface area contributed by atoms with Gasteiger partial charge in [0, 0.05) is 10.9 Å². The Hall–Kier alpha value is -0.380. The van der Waals surface area contributed by atoms with Crippen molar-refractivity contribution in [3.63, 3.8) is 0 Å². The van der Waals surface area contributed by atoms with E-state index in [0.29, 0.717) is 6.04 Å². The summed E-state index contributed by atoms with van der Waals surface area (Å²) in [6, 6.07) is 4.82. The van der Waals surface area contributed by atoms with Crippen LogP contribution < -0.4 is 5.73 Å². The summed E-state index contributed by atoms with van der Waals surface area (Å²) in [6.07, 6.45) is 1.23. The molecule has 3 heteroatoms. The zero-order valence-corrected chi connectivity index (χ0v) is 11.6. The molecule has 0 aliphatic carbocycles. The number of likely N-dealkylation sites (N-methyl/N-ethyl adjacent to an activating group) is 1. The van der Waals surface area contributed by atoms with E-state index in [-0.39, 0.29) is 6.04 Å². The monoisotopic (exact) mass is 240 g/mol. The zero-order chi connectivity index (χ0) is 12.1. The molecular weight excluding hydrogens is 216 g/mol. The van der Waals surface area contributed by atoms with Gasteiger partial charge in [-0.2, -0.15) is 0 Å². The van der Waals surface area contributed by atoms with Crippen molar-refractivity contribution in [1.29, 1.82) is 0 Å². The Morgan fingerprint density at radius 1 is 1.38 bits per heavy atom. The molecule has 0 bridgehead atoms. The highest BCUT2D eigenvalue weighted by Gasteiger charge is 2.21. The highest BCUT2D eigenvalue weighted by atomic mass is 32.1. The van der Waals surface area contributed by atoms with E-state index in [2.05, 4.69) is 50.2 Å². The van der Waals surface area contributed by atoms with Gasteiger partial charge in [-0.05, 0) is 44.3 Å². The van der Waals surface area contributed by atoms with Gasteiger partial charge in [-0.3, -0.25) is 4.90 Å². The van der Waals surface area contributed by atoms with Crippen LogP contribution in [0.4, 0.5) is 0 Å². The van der Waals surface area contributed by atoms with Gasteiger partial charge >= 0.3 is 0 Å². The van der Waals surface area contributed by atoms with Gasteiger partial charge in [-0.1, -0.05) is 19.9 Å². The van der Waals surface area contributed by atoms with Crippen molar-refractivity contribution in [3.05, 3.63) is 22.4 Å². The normalized spacial score (nSPS) is 15.7. The zero-order valence-electron chi connectivity index (χ0n) is 10.8. The molecular formula is C13H24N2S. The molecule has 0 aliphatic heterocycles. The Labute approximate surface area is 103 Å².